The number of rotatable bonds is 4. The molecule has 0 aromatic carbocycles. The summed E-state index contributed by atoms with van der Waals surface area (Å²) in [7, 11) is -0.447. The van der Waals surface area contributed by atoms with Crippen molar-refractivity contribution in [1.29, 1.82) is 0 Å². The summed E-state index contributed by atoms with van der Waals surface area (Å²) in [5, 5.41) is 6.60. The SMILES string of the molecule is CN(C)S(=O)(=O)c1cnn(Cc2sccc2Cl)c1. The summed E-state index contributed by atoms with van der Waals surface area (Å²) in [4.78, 5) is 1.13. The lowest BCUT2D eigenvalue weighted by Gasteiger charge is -2.08. The first-order valence-corrected chi connectivity index (χ1v) is 7.78. The van der Waals surface area contributed by atoms with E-state index in [9.17, 15) is 8.42 Å². The molecular weight excluding hydrogens is 294 g/mol. The van der Waals surface area contributed by atoms with E-state index in [1.165, 1.54) is 37.8 Å². The van der Waals surface area contributed by atoms with Gasteiger partial charge >= 0.3 is 0 Å². The van der Waals surface area contributed by atoms with Gasteiger partial charge in [-0.05, 0) is 11.4 Å². The molecule has 0 N–H and O–H groups in total. The highest BCUT2D eigenvalue weighted by Crippen LogP contribution is 2.23. The molecule has 2 aromatic rings. The lowest BCUT2D eigenvalue weighted by molar-refractivity contribution is 0.520. The standard InChI is InChI=1S/C10H12ClN3O2S2/c1-13(2)18(15,16)8-5-12-14(6-8)7-10-9(11)3-4-17-10/h3-6H,7H2,1-2H3. The van der Waals surface area contributed by atoms with E-state index in [0.717, 1.165) is 9.18 Å². The van der Waals surface area contributed by atoms with E-state index in [2.05, 4.69) is 5.10 Å². The monoisotopic (exact) mass is 305 g/mol. The lowest BCUT2D eigenvalue weighted by Crippen LogP contribution is -2.21. The number of thiophene rings is 1. The molecule has 2 rings (SSSR count). The highest BCUT2D eigenvalue weighted by molar-refractivity contribution is 7.89. The second kappa shape index (κ2) is 5.00. The Balaban J connectivity index is 2.25. The van der Waals surface area contributed by atoms with E-state index in [4.69, 9.17) is 11.6 Å². The van der Waals surface area contributed by atoms with Gasteiger partial charge in [-0.15, -0.1) is 11.3 Å². The maximum Gasteiger partial charge on any atom is 0.245 e. The van der Waals surface area contributed by atoms with E-state index in [1.807, 2.05) is 11.4 Å². The van der Waals surface area contributed by atoms with Crippen LogP contribution in [-0.2, 0) is 16.6 Å². The molecule has 0 unspecified atom stereocenters. The van der Waals surface area contributed by atoms with Crippen LogP contribution in [0.4, 0.5) is 0 Å². The quantitative estimate of drug-likeness (QED) is 0.867. The molecule has 0 radical (unpaired) electrons. The van der Waals surface area contributed by atoms with Crippen molar-refractivity contribution in [2.45, 2.75) is 11.4 Å². The topological polar surface area (TPSA) is 55.2 Å². The van der Waals surface area contributed by atoms with E-state index in [-0.39, 0.29) is 4.90 Å². The van der Waals surface area contributed by atoms with Crippen molar-refractivity contribution in [3.8, 4) is 0 Å². The zero-order valence-electron chi connectivity index (χ0n) is 9.87. The zero-order valence-corrected chi connectivity index (χ0v) is 12.3. The zero-order chi connectivity index (χ0) is 13.3. The van der Waals surface area contributed by atoms with Gasteiger partial charge in [0.2, 0.25) is 10.0 Å². The predicted molar refractivity (Wildman–Crippen MR) is 71.5 cm³/mol. The van der Waals surface area contributed by atoms with Crippen LogP contribution < -0.4 is 0 Å². The van der Waals surface area contributed by atoms with Crippen LogP contribution in [0, 0.1) is 0 Å². The third kappa shape index (κ3) is 2.59. The second-order valence-corrected chi connectivity index (χ2v) is 7.41. The number of aromatic nitrogens is 2. The fourth-order valence-electron chi connectivity index (χ4n) is 1.36. The van der Waals surface area contributed by atoms with Gasteiger partial charge < -0.3 is 0 Å². The summed E-state index contributed by atoms with van der Waals surface area (Å²) in [6.45, 7) is 0.472. The highest BCUT2D eigenvalue weighted by atomic mass is 35.5. The van der Waals surface area contributed by atoms with Crippen molar-refractivity contribution in [1.82, 2.24) is 14.1 Å². The van der Waals surface area contributed by atoms with E-state index >= 15 is 0 Å². The van der Waals surface area contributed by atoms with Gasteiger partial charge in [0.25, 0.3) is 0 Å². The van der Waals surface area contributed by atoms with Crippen LogP contribution in [-0.4, -0.2) is 36.6 Å². The summed E-state index contributed by atoms with van der Waals surface area (Å²) < 4.78 is 26.5. The van der Waals surface area contributed by atoms with Gasteiger partial charge in [0.1, 0.15) is 4.90 Å². The van der Waals surface area contributed by atoms with Crippen LogP contribution in [0.2, 0.25) is 5.02 Å². The Morgan fingerprint density at radius 2 is 2.22 bits per heavy atom. The summed E-state index contributed by atoms with van der Waals surface area (Å²) in [6, 6.07) is 1.81. The Morgan fingerprint density at radius 3 is 2.78 bits per heavy atom. The molecule has 0 amide bonds. The first kappa shape index (κ1) is 13.5. The average Bonchev–Trinajstić information content (AvgIpc) is 2.90. The smallest absolute Gasteiger partial charge is 0.245 e. The molecule has 18 heavy (non-hydrogen) atoms. The molecule has 0 aliphatic heterocycles. The normalized spacial score (nSPS) is 12.2. The summed E-state index contributed by atoms with van der Waals surface area (Å²) in [6.07, 6.45) is 2.85. The van der Waals surface area contributed by atoms with Gasteiger partial charge in [-0.3, -0.25) is 4.68 Å². The highest BCUT2D eigenvalue weighted by Gasteiger charge is 2.19. The molecule has 0 aliphatic rings. The van der Waals surface area contributed by atoms with E-state index in [0.29, 0.717) is 11.6 Å². The van der Waals surface area contributed by atoms with Crippen molar-refractivity contribution in [3.05, 3.63) is 33.7 Å². The van der Waals surface area contributed by atoms with Gasteiger partial charge in [-0.2, -0.15) is 5.10 Å². The first-order chi connectivity index (χ1) is 8.41. The fourth-order valence-corrected chi connectivity index (χ4v) is 3.30. The Labute approximate surface area is 115 Å². The van der Waals surface area contributed by atoms with Gasteiger partial charge in [-0.25, -0.2) is 12.7 Å². The summed E-state index contributed by atoms with van der Waals surface area (Å²) in [5.74, 6) is 0. The molecule has 0 atom stereocenters. The van der Waals surface area contributed by atoms with Crippen molar-refractivity contribution < 1.29 is 8.42 Å². The van der Waals surface area contributed by atoms with E-state index < -0.39 is 10.0 Å². The van der Waals surface area contributed by atoms with Gasteiger partial charge in [0, 0.05) is 25.2 Å². The third-order valence-corrected chi connectivity index (χ3v) is 5.52. The molecular formula is C10H12ClN3O2S2. The number of halogens is 1. The molecule has 2 heterocycles. The largest absolute Gasteiger partial charge is 0.266 e. The van der Waals surface area contributed by atoms with Crippen LogP contribution in [0.25, 0.3) is 0 Å². The number of nitrogens with zero attached hydrogens (tertiary/aromatic N) is 3. The van der Waals surface area contributed by atoms with Crippen LogP contribution >= 0.6 is 22.9 Å². The van der Waals surface area contributed by atoms with E-state index in [1.54, 1.807) is 4.68 Å². The molecule has 0 bridgehead atoms. The minimum atomic E-state index is -3.42. The molecule has 0 aliphatic carbocycles. The third-order valence-electron chi connectivity index (χ3n) is 2.38. The minimum absolute atomic E-state index is 0.181. The van der Waals surface area contributed by atoms with Gasteiger partial charge in [0.05, 0.1) is 17.8 Å². The minimum Gasteiger partial charge on any atom is -0.266 e. The maximum absolute atomic E-state index is 11.9. The maximum atomic E-state index is 11.9. The molecule has 8 heteroatoms. The number of sulfonamides is 1. The predicted octanol–water partition coefficient (Wildman–Crippen LogP) is 1.90. The van der Waals surface area contributed by atoms with Crippen LogP contribution in [0.5, 0.6) is 0 Å². The number of hydrogen-bond donors (Lipinski definition) is 0. The Morgan fingerprint density at radius 1 is 1.50 bits per heavy atom. The molecule has 0 spiro atoms. The molecule has 98 valence electrons. The van der Waals surface area contributed by atoms with Crippen LogP contribution in [0.3, 0.4) is 0 Å². The molecule has 0 saturated carbocycles. The van der Waals surface area contributed by atoms with Crippen molar-refractivity contribution in [2.24, 2.45) is 0 Å². The Kier molecular flexibility index (Phi) is 3.76. The fraction of sp³-hybridized carbons (Fsp3) is 0.300. The van der Waals surface area contributed by atoms with Crippen molar-refractivity contribution >= 4 is 33.0 Å². The summed E-state index contributed by atoms with van der Waals surface area (Å²) >= 11 is 7.49. The second-order valence-electron chi connectivity index (χ2n) is 3.85. The lowest BCUT2D eigenvalue weighted by atomic mass is 10.4. The first-order valence-electron chi connectivity index (χ1n) is 5.08. The number of hydrogen-bond acceptors (Lipinski definition) is 4. The molecule has 0 saturated heterocycles. The Bertz CT molecular complexity index is 646. The molecule has 5 nitrogen and oxygen atoms in total. The van der Waals surface area contributed by atoms with Crippen molar-refractivity contribution in [3.63, 3.8) is 0 Å². The Hall–Kier alpha value is -0.890. The summed E-state index contributed by atoms with van der Waals surface area (Å²) in [5.41, 5.74) is 0. The van der Waals surface area contributed by atoms with Gasteiger partial charge in [-0.1, -0.05) is 11.6 Å². The van der Waals surface area contributed by atoms with Gasteiger partial charge in [0.15, 0.2) is 0 Å². The van der Waals surface area contributed by atoms with Crippen molar-refractivity contribution in [2.75, 3.05) is 14.1 Å². The van der Waals surface area contributed by atoms with Crippen LogP contribution in [0.1, 0.15) is 4.88 Å². The molecule has 0 fully saturated rings. The van der Waals surface area contributed by atoms with Crippen LogP contribution in [0.15, 0.2) is 28.7 Å². The molecule has 2 aromatic heterocycles. The average molecular weight is 306 g/mol.